The molecule has 3 rings (SSSR count). The third-order valence-corrected chi connectivity index (χ3v) is 7.34. The first kappa shape index (κ1) is 19.3. The molecule has 1 aromatic rings. The van der Waals surface area contributed by atoms with E-state index in [9.17, 15) is 13.2 Å². The van der Waals surface area contributed by atoms with Crippen molar-refractivity contribution < 1.29 is 17.7 Å². The molecule has 1 aliphatic carbocycles. The Morgan fingerprint density at radius 2 is 2.00 bits per heavy atom. The van der Waals surface area contributed by atoms with Crippen LogP contribution in [0.3, 0.4) is 0 Å². The molecule has 1 amide bonds. The van der Waals surface area contributed by atoms with Crippen molar-refractivity contribution in [2.24, 2.45) is 5.92 Å². The predicted octanol–water partition coefficient (Wildman–Crippen LogP) is 0.997. The van der Waals surface area contributed by atoms with E-state index in [-0.39, 0.29) is 22.6 Å². The number of sulfonamides is 1. The number of hydrogen-bond donors (Lipinski definition) is 3. The molecule has 0 aromatic carbocycles. The van der Waals surface area contributed by atoms with Crippen LogP contribution in [0.5, 0.6) is 0 Å². The molecule has 1 aliphatic heterocycles. The second-order valence-electron chi connectivity index (χ2n) is 7.60. The van der Waals surface area contributed by atoms with Crippen LogP contribution in [0.15, 0.2) is 9.42 Å². The highest BCUT2D eigenvalue weighted by Crippen LogP contribution is 2.33. The van der Waals surface area contributed by atoms with Crippen molar-refractivity contribution >= 4 is 15.9 Å². The van der Waals surface area contributed by atoms with Crippen molar-refractivity contribution in [1.82, 2.24) is 20.5 Å². The second-order valence-corrected chi connectivity index (χ2v) is 9.22. The number of hydrogen-bond acceptors (Lipinski definition) is 6. The first-order chi connectivity index (χ1) is 12.3. The van der Waals surface area contributed by atoms with Crippen molar-refractivity contribution in [2.75, 3.05) is 13.1 Å². The summed E-state index contributed by atoms with van der Waals surface area (Å²) >= 11 is 0. The van der Waals surface area contributed by atoms with Gasteiger partial charge in [-0.3, -0.25) is 4.79 Å². The summed E-state index contributed by atoms with van der Waals surface area (Å²) in [6, 6.07) is 0.0600. The molecule has 146 valence electrons. The van der Waals surface area contributed by atoms with Gasteiger partial charge in [-0.1, -0.05) is 24.9 Å². The van der Waals surface area contributed by atoms with Gasteiger partial charge in [0.1, 0.15) is 16.1 Å². The van der Waals surface area contributed by atoms with Gasteiger partial charge in [0.15, 0.2) is 5.76 Å². The first-order valence-corrected chi connectivity index (χ1v) is 10.7. The normalized spacial score (nSPS) is 26.0. The molecule has 2 aliphatic rings. The molecule has 0 radical (unpaired) electrons. The van der Waals surface area contributed by atoms with Gasteiger partial charge in [-0.2, -0.15) is 4.72 Å². The highest BCUT2D eigenvalue weighted by molar-refractivity contribution is 7.89. The van der Waals surface area contributed by atoms with Crippen molar-refractivity contribution in [3.8, 4) is 0 Å². The molecular formula is C17H28N4O4S. The molecule has 0 bridgehead atoms. The maximum atomic E-state index is 13.1. The Hall–Kier alpha value is -1.45. The van der Waals surface area contributed by atoms with Gasteiger partial charge in [-0.05, 0) is 52.1 Å². The molecule has 1 saturated heterocycles. The van der Waals surface area contributed by atoms with E-state index < -0.39 is 15.6 Å². The lowest BCUT2D eigenvalue weighted by atomic mass is 9.92. The zero-order valence-electron chi connectivity index (χ0n) is 15.6. The maximum Gasteiger partial charge on any atom is 0.246 e. The van der Waals surface area contributed by atoms with Crippen molar-refractivity contribution in [3.63, 3.8) is 0 Å². The molecule has 1 saturated carbocycles. The molecule has 26 heavy (non-hydrogen) atoms. The Kier molecular flexibility index (Phi) is 5.41. The number of carbonyl (C=O) groups is 1. The van der Waals surface area contributed by atoms with Crippen LogP contribution >= 0.6 is 0 Å². The lowest BCUT2D eigenvalue weighted by Crippen LogP contribution is -2.60. The lowest BCUT2D eigenvalue weighted by Gasteiger charge is -2.35. The summed E-state index contributed by atoms with van der Waals surface area (Å²) in [6.45, 7) is 6.94. The minimum absolute atomic E-state index is 0.0341. The SMILES string of the molecule is Cc1noc(C)c1S(=O)(=O)NC1(C(=O)NC2CCNCC2C)CCCC1. The van der Waals surface area contributed by atoms with E-state index >= 15 is 0 Å². The monoisotopic (exact) mass is 384 g/mol. The van der Waals surface area contributed by atoms with Gasteiger partial charge in [0.25, 0.3) is 0 Å². The average Bonchev–Trinajstić information content (AvgIpc) is 3.17. The van der Waals surface area contributed by atoms with Crippen LogP contribution in [0, 0.1) is 19.8 Å². The first-order valence-electron chi connectivity index (χ1n) is 9.24. The smallest absolute Gasteiger partial charge is 0.246 e. The number of amides is 1. The van der Waals surface area contributed by atoms with Crippen LogP contribution in [0.25, 0.3) is 0 Å². The van der Waals surface area contributed by atoms with Gasteiger partial charge in [0, 0.05) is 6.04 Å². The number of nitrogens with one attached hydrogen (secondary N) is 3. The largest absolute Gasteiger partial charge is 0.360 e. The molecule has 0 spiro atoms. The van der Waals surface area contributed by atoms with Gasteiger partial charge in [0.05, 0.1) is 0 Å². The van der Waals surface area contributed by atoms with E-state index in [4.69, 9.17) is 4.52 Å². The summed E-state index contributed by atoms with van der Waals surface area (Å²) in [5, 5.41) is 10.1. The number of rotatable bonds is 5. The highest BCUT2D eigenvalue weighted by atomic mass is 32.2. The zero-order valence-corrected chi connectivity index (χ0v) is 16.4. The minimum Gasteiger partial charge on any atom is -0.360 e. The number of nitrogens with zero attached hydrogens (tertiary/aromatic N) is 1. The summed E-state index contributed by atoms with van der Waals surface area (Å²) in [7, 11) is -3.90. The number of carbonyl (C=O) groups excluding carboxylic acids is 1. The number of piperidine rings is 1. The van der Waals surface area contributed by atoms with Crippen LogP contribution in [-0.4, -0.2) is 44.2 Å². The molecule has 3 N–H and O–H groups in total. The summed E-state index contributed by atoms with van der Waals surface area (Å²) in [5.74, 6) is 0.324. The van der Waals surface area contributed by atoms with Gasteiger partial charge in [-0.25, -0.2) is 8.42 Å². The molecular weight excluding hydrogens is 356 g/mol. The predicted molar refractivity (Wildman–Crippen MR) is 96.1 cm³/mol. The zero-order chi connectivity index (χ0) is 18.9. The average molecular weight is 385 g/mol. The fraction of sp³-hybridized carbons (Fsp3) is 0.765. The van der Waals surface area contributed by atoms with Crippen LogP contribution < -0.4 is 15.4 Å². The third-order valence-electron chi connectivity index (χ3n) is 5.56. The molecule has 2 atom stereocenters. The molecule has 2 heterocycles. The van der Waals surface area contributed by atoms with Gasteiger partial charge >= 0.3 is 0 Å². The van der Waals surface area contributed by atoms with Gasteiger partial charge < -0.3 is 15.2 Å². The van der Waals surface area contributed by atoms with Crippen molar-refractivity contribution in [1.29, 1.82) is 0 Å². The Labute approximate surface area is 154 Å². The third kappa shape index (κ3) is 3.65. The fourth-order valence-corrected chi connectivity index (χ4v) is 5.81. The van der Waals surface area contributed by atoms with E-state index in [1.807, 2.05) is 0 Å². The number of aromatic nitrogens is 1. The Balaban J connectivity index is 1.82. The van der Waals surface area contributed by atoms with E-state index in [2.05, 4.69) is 27.4 Å². The van der Waals surface area contributed by atoms with Gasteiger partial charge in [-0.15, -0.1) is 0 Å². The van der Waals surface area contributed by atoms with Crippen LogP contribution in [0.4, 0.5) is 0 Å². The lowest BCUT2D eigenvalue weighted by molar-refractivity contribution is -0.128. The van der Waals surface area contributed by atoms with Crippen molar-refractivity contribution in [2.45, 2.75) is 69.4 Å². The Morgan fingerprint density at radius 3 is 2.58 bits per heavy atom. The van der Waals surface area contributed by atoms with E-state index in [0.29, 0.717) is 24.5 Å². The van der Waals surface area contributed by atoms with Crippen molar-refractivity contribution in [3.05, 3.63) is 11.5 Å². The summed E-state index contributed by atoms with van der Waals surface area (Å²) < 4.78 is 33.6. The topological polar surface area (TPSA) is 113 Å². The van der Waals surface area contributed by atoms with Crippen LogP contribution in [-0.2, 0) is 14.8 Å². The number of aryl methyl sites for hydroxylation is 2. The minimum atomic E-state index is -3.90. The molecule has 9 heteroatoms. The Bertz CT molecular complexity index is 748. The van der Waals surface area contributed by atoms with Crippen LogP contribution in [0.2, 0.25) is 0 Å². The molecule has 2 unspecified atom stereocenters. The summed E-state index contributed by atoms with van der Waals surface area (Å²) in [4.78, 5) is 13.1. The van der Waals surface area contributed by atoms with Gasteiger partial charge in [0.2, 0.25) is 15.9 Å². The molecule has 1 aromatic heterocycles. The van der Waals surface area contributed by atoms with E-state index in [1.54, 1.807) is 13.8 Å². The highest BCUT2D eigenvalue weighted by Gasteiger charge is 2.46. The molecule has 8 nitrogen and oxygen atoms in total. The van der Waals surface area contributed by atoms with E-state index in [1.165, 1.54) is 0 Å². The maximum absolute atomic E-state index is 13.1. The second kappa shape index (κ2) is 7.28. The summed E-state index contributed by atoms with van der Waals surface area (Å²) in [5.41, 5.74) is -0.796. The quantitative estimate of drug-likeness (QED) is 0.698. The van der Waals surface area contributed by atoms with Crippen LogP contribution in [0.1, 0.15) is 50.5 Å². The summed E-state index contributed by atoms with van der Waals surface area (Å²) in [6.07, 6.45) is 3.49. The fourth-order valence-electron chi connectivity index (χ4n) is 4.06. The van der Waals surface area contributed by atoms with E-state index in [0.717, 1.165) is 32.4 Å². The molecule has 2 fully saturated rings. The Morgan fingerprint density at radius 1 is 1.31 bits per heavy atom. The standard InChI is InChI=1S/C17H28N4O4S/c1-11-10-18-9-6-14(11)19-16(22)17(7-4-5-8-17)21-26(23,24)15-12(2)20-25-13(15)3/h11,14,18,21H,4-10H2,1-3H3,(H,19,22).